The molecule has 0 amide bonds. The highest BCUT2D eigenvalue weighted by molar-refractivity contribution is 5.57. The SMILES string of the molecule is CC(CC(C)(C)C=O)C1CCC1. The van der Waals surface area contributed by atoms with Crippen LogP contribution >= 0.6 is 0 Å². The Kier molecular flexibility index (Phi) is 2.92. The predicted molar refractivity (Wildman–Crippen MR) is 51.0 cm³/mol. The Morgan fingerprint density at radius 2 is 2.08 bits per heavy atom. The summed E-state index contributed by atoms with van der Waals surface area (Å²) in [4.78, 5) is 10.7. The van der Waals surface area contributed by atoms with Gasteiger partial charge in [0, 0.05) is 5.41 Å². The van der Waals surface area contributed by atoms with Crippen molar-refractivity contribution in [2.45, 2.75) is 46.5 Å². The van der Waals surface area contributed by atoms with E-state index in [1.54, 1.807) is 0 Å². The van der Waals surface area contributed by atoms with Crippen LogP contribution in [0.2, 0.25) is 0 Å². The lowest BCUT2D eigenvalue weighted by Gasteiger charge is -2.34. The van der Waals surface area contributed by atoms with Crippen LogP contribution < -0.4 is 0 Å². The van der Waals surface area contributed by atoms with Crippen molar-refractivity contribution in [2.75, 3.05) is 0 Å². The zero-order valence-corrected chi connectivity index (χ0v) is 8.47. The maximum atomic E-state index is 10.7. The van der Waals surface area contributed by atoms with Gasteiger partial charge >= 0.3 is 0 Å². The first-order valence-electron chi connectivity index (χ1n) is 5.01. The third kappa shape index (κ3) is 2.33. The van der Waals surface area contributed by atoms with Crippen molar-refractivity contribution in [1.82, 2.24) is 0 Å². The molecule has 0 aromatic rings. The van der Waals surface area contributed by atoms with Crippen molar-refractivity contribution >= 4 is 6.29 Å². The highest BCUT2D eigenvalue weighted by Gasteiger charge is 2.28. The summed E-state index contributed by atoms with van der Waals surface area (Å²) >= 11 is 0. The molecule has 1 aliphatic carbocycles. The van der Waals surface area contributed by atoms with E-state index in [4.69, 9.17) is 0 Å². The lowest BCUT2D eigenvalue weighted by molar-refractivity contribution is -0.115. The Labute approximate surface area is 75.5 Å². The quantitative estimate of drug-likeness (QED) is 0.590. The fourth-order valence-corrected chi connectivity index (χ4v) is 2.05. The van der Waals surface area contributed by atoms with Gasteiger partial charge in [0.05, 0.1) is 0 Å². The molecule has 0 radical (unpaired) electrons. The Hall–Kier alpha value is -0.330. The monoisotopic (exact) mass is 168 g/mol. The van der Waals surface area contributed by atoms with Gasteiger partial charge in [-0.3, -0.25) is 0 Å². The fourth-order valence-electron chi connectivity index (χ4n) is 2.05. The van der Waals surface area contributed by atoms with Gasteiger partial charge in [0.15, 0.2) is 0 Å². The second-order valence-electron chi connectivity index (χ2n) is 4.98. The topological polar surface area (TPSA) is 17.1 Å². The van der Waals surface area contributed by atoms with Crippen LogP contribution in [0.3, 0.4) is 0 Å². The minimum Gasteiger partial charge on any atom is -0.303 e. The largest absolute Gasteiger partial charge is 0.303 e. The molecule has 0 N–H and O–H groups in total. The van der Waals surface area contributed by atoms with Crippen molar-refractivity contribution in [3.63, 3.8) is 0 Å². The first kappa shape index (κ1) is 9.76. The van der Waals surface area contributed by atoms with E-state index >= 15 is 0 Å². The van der Waals surface area contributed by atoms with Gasteiger partial charge in [0.25, 0.3) is 0 Å². The highest BCUT2D eigenvalue weighted by Crippen LogP contribution is 2.38. The van der Waals surface area contributed by atoms with Crippen molar-refractivity contribution in [2.24, 2.45) is 17.3 Å². The summed E-state index contributed by atoms with van der Waals surface area (Å²) in [5.41, 5.74) is -0.102. The fraction of sp³-hybridized carbons (Fsp3) is 0.909. The Morgan fingerprint density at radius 3 is 2.42 bits per heavy atom. The maximum absolute atomic E-state index is 10.7. The van der Waals surface area contributed by atoms with Crippen molar-refractivity contribution in [3.8, 4) is 0 Å². The average molecular weight is 168 g/mol. The molecule has 0 aromatic heterocycles. The van der Waals surface area contributed by atoms with Crippen LogP contribution in [-0.4, -0.2) is 6.29 Å². The molecule has 1 aliphatic rings. The lowest BCUT2D eigenvalue weighted by atomic mass is 9.71. The summed E-state index contributed by atoms with van der Waals surface area (Å²) in [7, 11) is 0. The first-order chi connectivity index (χ1) is 5.55. The van der Waals surface area contributed by atoms with Crippen LogP contribution in [-0.2, 0) is 4.79 Å². The minimum atomic E-state index is -0.102. The van der Waals surface area contributed by atoms with Crippen LogP contribution in [0.4, 0.5) is 0 Å². The van der Waals surface area contributed by atoms with Gasteiger partial charge in [0.1, 0.15) is 6.29 Å². The zero-order chi connectivity index (χ0) is 9.19. The molecular formula is C11H20O. The molecule has 1 nitrogen and oxygen atoms in total. The average Bonchev–Trinajstić information content (AvgIpc) is 1.82. The van der Waals surface area contributed by atoms with Gasteiger partial charge in [-0.1, -0.05) is 40.0 Å². The summed E-state index contributed by atoms with van der Waals surface area (Å²) < 4.78 is 0. The predicted octanol–water partition coefficient (Wildman–Crippen LogP) is 3.04. The number of hydrogen-bond acceptors (Lipinski definition) is 1. The molecule has 0 aliphatic heterocycles. The van der Waals surface area contributed by atoms with E-state index in [-0.39, 0.29) is 5.41 Å². The Balaban J connectivity index is 2.33. The van der Waals surface area contributed by atoms with Gasteiger partial charge in [0.2, 0.25) is 0 Å². The number of hydrogen-bond donors (Lipinski definition) is 0. The minimum absolute atomic E-state index is 0.102. The highest BCUT2D eigenvalue weighted by atomic mass is 16.1. The molecule has 1 heteroatoms. The van der Waals surface area contributed by atoms with Crippen LogP contribution in [0.5, 0.6) is 0 Å². The summed E-state index contributed by atoms with van der Waals surface area (Å²) in [6.45, 7) is 6.36. The number of carbonyl (C=O) groups excluding carboxylic acids is 1. The van der Waals surface area contributed by atoms with E-state index in [1.165, 1.54) is 19.3 Å². The first-order valence-corrected chi connectivity index (χ1v) is 5.01. The molecule has 1 fully saturated rings. The van der Waals surface area contributed by atoms with Crippen molar-refractivity contribution in [1.29, 1.82) is 0 Å². The van der Waals surface area contributed by atoms with E-state index in [2.05, 4.69) is 6.92 Å². The molecule has 1 rings (SSSR count). The molecule has 0 heterocycles. The molecule has 0 bridgehead atoms. The summed E-state index contributed by atoms with van der Waals surface area (Å²) in [5, 5.41) is 0. The molecule has 1 saturated carbocycles. The third-order valence-corrected chi connectivity index (χ3v) is 3.12. The molecule has 0 saturated heterocycles. The zero-order valence-electron chi connectivity index (χ0n) is 8.47. The molecule has 12 heavy (non-hydrogen) atoms. The van der Waals surface area contributed by atoms with Crippen molar-refractivity contribution < 1.29 is 4.79 Å². The molecule has 1 unspecified atom stereocenters. The van der Waals surface area contributed by atoms with Gasteiger partial charge in [-0.25, -0.2) is 0 Å². The summed E-state index contributed by atoms with van der Waals surface area (Å²) in [6, 6.07) is 0. The van der Waals surface area contributed by atoms with Crippen LogP contribution in [0, 0.1) is 17.3 Å². The molecular weight excluding hydrogens is 148 g/mol. The van der Waals surface area contributed by atoms with Gasteiger partial charge in [-0.2, -0.15) is 0 Å². The molecule has 1 atom stereocenters. The molecule has 0 aromatic carbocycles. The standard InChI is InChI=1S/C11H20O/c1-9(10-5-4-6-10)7-11(2,3)8-12/h8-10H,4-7H2,1-3H3. The van der Waals surface area contributed by atoms with Crippen LogP contribution in [0.1, 0.15) is 46.5 Å². The second-order valence-corrected chi connectivity index (χ2v) is 4.98. The summed E-state index contributed by atoms with van der Waals surface area (Å²) in [6.07, 6.45) is 6.33. The smallest absolute Gasteiger partial charge is 0.125 e. The maximum Gasteiger partial charge on any atom is 0.125 e. The van der Waals surface area contributed by atoms with E-state index in [0.717, 1.165) is 24.5 Å². The van der Waals surface area contributed by atoms with Crippen LogP contribution in [0.15, 0.2) is 0 Å². The molecule has 70 valence electrons. The lowest BCUT2D eigenvalue weighted by Crippen LogP contribution is -2.25. The van der Waals surface area contributed by atoms with E-state index < -0.39 is 0 Å². The number of rotatable bonds is 4. The normalized spacial score (nSPS) is 21.6. The van der Waals surface area contributed by atoms with E-state index in [9.17, 15) is 4.79 Å². The van der Waals surface area contributed by atoms with Gasteiger partial charge in [-0.15, -0.1) is 0 Å². The molecule has 0 spiro atoms. The Bertz CT molecular complexity index is 156. The number of aldehydes is 1. The van der Waals surface area contributed by atoms with Gasteiger partial charge in [-0.05, 0) is 18.3 Å². The second kappa shape index (κ2) is 3.59. The Morgan fingerprint density at radius 1 is 1.50 bits per heavy atom. The van der Waals surface area contributed by atoms with E-state index in [0.29, 0.717) is 0 Å². The van der Waals surface area contributed by atoms with Gasteiger partial charge < -0.3 is 4.79 Å². The van der Waals surface area contributed by atoms with Crippen molar-refractivity contribution in [3.05, 3.63) is 0 Å². The summed E-state index contributed by atoms with van der Waals surface area (Å²) in [5.74, 6) is 1.64. The van der Waals surface area contributed by atoms with Crippen LogP contribution in [0.25, 0.3) is 0 Å². The third-order valence-electron chi connectivity index (χ3n) is 3.12. The van der Waals surface area contributed by atoms with E-state index in [1.807, 2.05) is 13.8 Å². The number of carbonyl (C=O) groups is 1.